The van der Waals surface area contributed by atoms with Gasteiger partial charge in [0.05, 0.1) is 0 Å². The lowest BCUT2D eigenvalue weighted by atomic mass is 10.1. The number of hydrogen-bond donors (Lipinski definition) is 0. The second kappa shape index (κ2) is 8.03. The van der Waals surface area contributed by atoms with Gasteiger partial charge in [-0.2, -0.15) is 0 Å². The van der Waals surface area contributed by atoms with Crippen molar-refractivity contribution in [1.82, 2.24) is 0 Å². The second-order valence-corrected chi connectivity index (χ2v) is 5.57. The molecule has 0 amide bonds. The van der Waals surface area contributed by atoms with Crippen LogP contribution in [-0.4, -0.2) is 11.1 Å². The van der Waals surface area contributed by atoms with Gasteiger partial charge in [0.1, 0.15) is 12.4 Å². The van der Waals surface area contributed by atoms with E-state index in [1.54, 1.807) is 24.3 Å². The van der Waals surface area contributed by atoms with Gasteiger partial charge in [-0.25, -0.2) is 8.78 Å². The molecule has 0 saturated heterocycles. The van der Waals surface area contributed by atoms with E-state index in [0.29, 0.717) is 12.0 Å². The van der Waals surface area contributed by atoms with E-state index in [4.69, 9.17) is 4.74 Å². The molecular formula is C17H15BrF2O2. The van der Waals surface area contributed by atoms with E-state index in [1.807, 2.05) is 0 Å². The molecule has 0 spiro atoms. The monoisotopic (exact) mass is 368 g/mol. The van der Waals surface area contributed by atoms with Crippen molar-refractivity contribution in [2.45, 2.75) is 19.4 Å². The first kappa shape index (κ1) is 16.6. The zero-order valence-corrected chi connectivity index (χ0v) is 13.4. The maximum atomic E-state index is 13.4. The van der Waals surface area contributed by atoms with Crippen molar-refractivity contribution in [3.63, 3.8) is 0 Å². The van der Waals surface area contributed by atoms with Crippen LogP contribution in [0.25, 0.3) is 0 Å². The third kappa shape index (κ3) is 4.63. The summed E-state index contributed by atoms with van der Waals surface area (Å²) in [5.74, 6) is -1.20. The topological polar surface area (TPSA) is 26.3 Å². The molecule has 0 radical (unpaired) electrons. The zero-order chi connectivity index (χ0) is 15.9. The number of ketones is 1. The highest BCUT2D eigenvalue weighted by Gasteiger charge is 2.07. The quantitative estimate of drug-likeness (QED) is 0.513. The third-order valence-corrected chi connectivity index (χ3v) is 3.66. The summed E-state index contributed by atoms with van der Waals surface area (Å²) in [6.07, 6.45) is 1.29. The summed E-state index contributed by atoms with van der Waals surface area (Å²) in [4.78, 5) is 11.8. The normalized spacial score (nSPS) is 10.5. The highest BCUT2D eigenvalue weighted by Crippen LogP contribution is 2.19. The lowest BCUT2D eigenvalue weighted by Gasteiger charge is -2.08. The summed E-state index contributed by atoms with van der Waals surface area (Å²) in [6.45, 7) is 0.107. The van der Waals surface area contributed by atoms with Gasteiger partial charge in [-0.15, -0.1) is 0 Å². The van der Waals surface area contributed by atoms with Gasteiger partial charge in [-0.3, -0.25) is 4.79 Å². The molecule has 0 aliphatic rings. The fourth-order valence-corrected chi connectivity index (χ4v) is 2.19. The summed E-state index contributed by atoms with van der Waals surface area (Å²) in [5.41, 5.74) is 1.42. The number of rotatable bonds is 7. The number of alkyl halides is 1. The first-order chi connectivity index (χ1) is 10.6. The maximum absolute atomic E-state index is 13.4. The maximum Gasteiger partial charge on any atom is 0.165 e. The Hall–Kier alpha value is -1.75. The van der Waals surface area contributed by atoms with Crippen molar-refractivity contribution in [2.24, 2.45) is 0 Å². The Bertz CT molecular complexity index is 642. The highest BCUT2D eigenvalue weighted by molar-refractivity contribution is 9.09. The van der Waals surface area contributed by atoms with E-state index >= 15 is 0 Å². The van der Waals surface area contributed by atoms with Crippen LogP contribution in [-0.2, 0) is 6.61 Å². The average Bonchev–Trinajstić information content (AvgIpc) is 2.54. The molecule has 0 N–H and O–H groups in total. The molecule has 0 aliphatic carbocycles. The van der Waals surface area contributed by atoms with E-state index < -0.39 is 11.6 Å². The number of carbonyl (C=O) groups is 1. The molecule has 0 aliphatic heterocycles. The zero-order valence-electron chi connectivity index (χ0n) is 11.8. The average molecular weight is 369 g/mol. The number of carbonyl (C=O) groups excluding carboxylic acids is 1. The van der Waals surface area contributed by atoms with Gasteiger partial charge in [-0.1, -0.05) is 40.2 Å². The van der Waals surface area contributed by atoms with Crippen molar-refractivity contribution in [3.8, 4) is 5.75 Å². The van der Waals surface area contributed by atoms with E-state index in [2.05, 4.69) is 15.9 Å². The van der Waals surface area contributed by atoms with Crippen LogP contribution >= 0.6 is 15.9 Å². The Balaban J connectivity index is 1.96. The number of Topliss-reactive ketones (excluding diaryl/α,β-unsaturated/α-hetero) is 1. The molecule has 0 heterocycles. The van der Waals surface area contributed by atoms with Gasteiger partial charge in [0.25, 0.3) is 0 Å². The van der Waals surface area contributed by atoms with Crippen LogP contribution in [0, 0.1) is 11.6 Å². The van der Waals surface area contributed by atoms with E-state index in [-0.39, 0.29) is 18.1 Å². The van der Waals surface area contributed by atoms with Crippen LogP contribution in [0.15, 0.2) is 42.5 Å². The molecule has 0 saturated carbocycles. The van der Waals surface area contributed by atoms with Crippen LogP contribution in [0.3, 0.4) is 0 Å². The molecule has 2 nitrogen and oxygen atoms in total. The first-order valence-electron chi connectivity index (χ1n) is 6.86. The Morgan fingerprint density at radius 3 is 2.50 bits per heavy atom. The first-order valence-corrected chi connectivity index (χ1v) is 7.98. The Morgan fingerprint density at radius 1 is 1.09 bits per heavy atom. The van der Waals surface area contributed by atoms with Crippen LogP contribution in [0.2, 0.25) is 0 Å². The Kier molecular flexibility index (Phi) is 6.07. The van der Waals surface area contributed by atoms with Gasteiger partial charge >= 0.3 is 0 Å². The molecule has 2 aromatic rings. The standard InChI is InChI=1S/C17H15BrF2O2/c18-9-1-2-16(21)13-5-3-12(4-6-13)11-22-17-10-14(19)7-8-15(17)20/h3-8,10H,1-2,9,11H2. The number of benzene rings is 2. The fourth-order valence-electron chi connectivity index (χ4n) is 1.91. The van der Waals surface area contributed by atoms with Crippen molar-refractivity contribution < 1.29 is 18.3 Å². The lowest BCUT2D eigenvalue weighted by Crippen LogP contribution is -2.01. The van der Waals surface area contributed by atoms with Crippen molar-refractivity contribution in [3.05, 3.63) is 65.2 Å². The number of ether oxygens (including phenoxy) is 1. The predicted molar refractivity (Wildman–Crippen MR) is 84.5 cm³/mol. The molecule has 5 heteroatoms. The van der Waals surface area contributed by atoms with Crippen molar-refractivity contribution in [2.75, 3.05) is 5.33 Å². The molecule has 2 rings (SSSR count). The second-order valence-electron chi connectivity index (χ2n) is 4.78. The SMILES string of the molecule is O=C(CCCBr)c1ccc(COc2cc(F)ccc2F)cc1. The molecule has 2 aromatic carbocycles. The number of hydrogen-bond acceptors (Lipinski definition) is 2. The largest absolute Gasteiger partial charge is 0.486 e. The fraction of sp³-hybridized carbons (Fsp3) is 0.235. The molecule has 0 atom stereocenters. The van der Waals surface area contributed by atoms with E-state index in [9.17, 15) is 13.6 Å². The van der Waals surface area contributed by atoms with Gasteiger partial charge in [0.2, 0.25) is 0 Å². The minimum absolute atomic E-state index is 0.0862. The van der Waals surface area contributed by atoms with E-state index in [0.717, 1.165) is 35.5 Å². The Labute approximate surface area is 136 Å². The van der Waals surface area contributed by atoms with Crippen LogP contribution in [0.4, 0.5) is 8.78 Å². The minimum atomic E-state index is -0.608. The summed E-state index contributed by atoms with van der Waals surface area (Å²) in [6, 6.07) is 10.0. The van der Waals surface area contributed by atoms with Crippen molar-refractivity contribution >= 4 is 21.7 Å². The van der Waals surface area contributed by atoms with Crippen LogP contribution in [0.1, 0.15) is 28.8 Å². The third-order valence-electron chi connectivity index (χ3n) is 3.10. The van der Waals surface area contributed by atoms with Gasteiger partial charge in [-0.05, 0) is 24.1 Å². The van der Waals surface area contributed by atoms with Gasteiger partial charge in [0, 0.05) is 23.4 Å². The van der Waals surface area contributed by atoms with Gasteiger partial charge < -0.3 is 4.74 Å². The minimum Gasteiger partial charge on any atom is -0.486 e. The smallest absolute Gasteiger partial charge is 0.165 e. The molecule has 0 fully saturated rings. The molecule has 0 unspecified atom stereocenters. The number of halogens is 3. The summed E-state index contributed by atoms with van der Waals surface area (Å²) < 4.78 is 31.7. The van der Waals surface area contributed by atoms with Crippen LogP contribution < -0.4 is 4.74 Å². The molecule has 0 bridgehead atoms. The summed E-state index contributed by atoms with van der Waals surface area (Å²) in [5, 5.41) is 0.795. The molecule has 0 aromatic heterocycles. The molecule has 116 valence electrons. The molecular weight excluding hydrogens is 354 g/mol. The lowest BCUT2D eigenvalue weighted by molar-refractivity contribution is 0.0982. The van der Waals surface area contributed by atoms with Crippen molar-refractivity contribution in [1.29, 1.82) is 0 Å². The van der Waals surface area contributed by atoms with Crippen LogP contribution in [0.5, 0.6) is 5.75 Å². The molecule has 22 heavy (non-hydrogen) atoms. The van der Waals surface area contributed by atoms with E-state index in [1.165, 1.54) is 0 Å². The highest BCUT2D eigenvalue weighted by atomic mass is 79.9. The summed E-state index contributed by atoms with van der Waals surface area (Å²) in [7, 11) is 0. The summed E-state index contributed by atoms with van der Waals surface area (Å²) >= 11 is 3.29. The predicted octanol–water partition coefficient (Wildman–Crippen LogP) is 4.90. The van der Waals surface area contributed by atoms with Gasteiger partial charge in [0.15, 0.2) is 17.3 Å². The Morgan fingerprint density at radius 2 is 1.82 bits per heavy atom.